The Balaban J connectivity index is 3.09. The van der Waals surface area contributed by atoms with Crippen molar-refractivity contribution in [3.63, 3.8) is 0 Å². The highest BCUT2D eigenvalue weighted by Gasteiger charge is 1.98. The number of hydrogen-bond acceptors (Lipinski definition) is 1. The van der Waals surface area contributed by atoms with Gasteiger partial charge in [0.25, 0.3) is 0 Å². The lowest BCUT2D eigenvalue weighted by atomic mass is 10.4. The van der Waals surface area contributed by atoms with Gasteiger partial charge in [0.05, 0.1) is 0 Å². The van der Waals surface area contributed by atoms with Gasteiger partial charge in [-0.1, -0.05) is 15.9 Å². The van der Waals surface area contributed by atoms with Crippen LogP contribution in [0.4, 0.5) is 0 Å². The van der Waals surface area contributed by atoms with Crippen LogP contribution in [0.1, 0.15) is 0 Å². The molecule has 0 fully saturated rings. The van der Waals surface area contributed by atoms with E-state index in [0.29, 0.717) is 0 Å². The Labute approximate surface area is 85.1 Å². The minimum Gasteiger partial charge on any atom is -0.0508 e. The highest BCUT2D eigenvalue weighted by molar-refractivity contribution is 9.11. The van der Waals surface area contributed by atoms with E-state index in [-0.39, 0.29) is 0 Å². The molecular formula is C6H3Br2ClS. The van der Waals surface area contributed by atoms with Crippen molar-refractivity contribution < 1.29 is 0 Å². The molecule has 0 amide bonds. The maximum Gasteiger partial charge on any atom is 0.0386 e. The fourth-order valence-corrected chi connectivity index (χ4v) is 2.51. The van der Waals surface area contributed by atoms with Crippen molar-refractivity contribution in [3.05, 3.63) is 27.1 Å². The van der Waals surface area contributed by atoms with E-state index in [1.165, 1.54) is 11.0 Å². The summed E-state index contributed by atoms with van der Waals surface area (Å²) in [6.45, 7) is 0. The molecule has 0 atom stereocenters. The average molecular weight is 302 g/mol. The topological polar surface area (TPSA) is 0 Å². The Morgan fingerprint density at radius 2 is 2.00 bits per heavy atom. The Morgan fingerprint density at radius 3 is 2.50 bits per heavy atom. The van der Waals surface area contributed by atoms with Crippen molar-refractivity contribution in [2.24, 2.45) is 0 Å². The van der Waals surface area contributed by atoms with Gasteiger partial charge in [-0.15, -0.1) is 0 Å². The van der Waals surface area contributed by atoms with Crippen molar-refractivity contribution in [2.75, 3.05) is 0 Å². The smallest absolute Gasteiger partial charge is 0.0386 e. The second-order valence-corrected chi connectivity index (χ2v) is 4.48. The van der Waals surface area contributed by atoms with Gasteiger partial charge in [-0.25, -0.2) is 0 Å². The van der Waals surface area contributed by atoms with Crippen LogP contribution in [0.25, 0.3) is 0 Å². The van der Waals surface area contributed by atoms with E-state index in [9.17, 15) is 0 Å². The number of rotatable bonds is 1. The summed E-state index contributed by atoms with van der Waals surface area (Å²) >= 11 is 6.71. The zero-order valence-electron chi connectivity index (χ0n) is 4.77. The van der Waals surface area contributed by atoms with Crippen LogP contribution in [-0.2, 0) is 0 Å². The molecule has 0 bridgehead atoms. The van der Waals surface area contributed by atoms with Gasteiger partial charge in [0.1, 0.15) is 0 Å². The maximum atomic E-state index is 5.57. The van der Waals surface area contributed by atoms with Gasteiger partial charge in [-0.3, -0.25) is 0 Å². The molecule has 1 rings (SSSR count). The van der Waals surface area contributed by atoms with Crippen LogP contribution in [0.15, 0.2) is 32.0 Å². The molecule has 0 unspecified atom stereocenters. The summed E-state index contributed by atoms with van der Waals surface area (Å²) in [5.74, 6) is 0. The van der Waals surface area contributed by atoms with Gasteiger partial charge in [0.15, 0.2) is 0 Å². The molecule has 0 aromatic heterocycles. The van der Waals surface area contributed by atoms with E-state index >= 15 is 0 Å². The number of halogens is 3. The van der Waals surface area contributed by atoms with Crippen molar-refractivity contribution >= 4 is 53.5 Å². The second kappa shape index (κ2) is 4.00. The van der Waals surface area contributed by atoms with Crippen molar-refractivity contribution in [3.8, 4) is 0 Å². The second-order valence-electron chi connectivity index (χ2n) is 1.65. The van der Waals surface area contributed by atoms with E-state index in [2.05, 4.69) is 31.9 Å². The average Bonchev–Trinajstić information content (AvgIpc) is 1.94. The first-order valence-electron chi connectivity index (χ1n) is 2.47. The number of hydrogen-bond donors (Lipinski definition) is 0. The third-order valence-electron chi connectivity index (χ3n) is 0.976. The van der Waals surface area contributed by atoms with E-state index < -0.39 is 0 Å². The first-order valence-corrected chi connectivity index (χ1v) is 5.70. The van der Waals surface area contributed by atoms with Gasteiger partial charge in [-0.2, -0.15) is 0 Å². The lowest BCUT2D eigenvalue weighted by Crippen LogP contribution is -1.70. The molecule has 0 N–H and O–H groups in total. The fraction of sp³-hybridized carbons (Fsp3) is 0. The van der Waals surface area contributed by atoms with E-state index in [1.807, 2.05) is 18.2 Å². The molecule has 0 aliphatic heterocycles. The third kappa shape index (κ3) is 2.16. The minimum absolute atomic E-state index is 1.02. The highest BCUT2D eigenvalue weighted by atomic mass is 79.9. The van der Waals surface area contributed by atoms with Crippen LogP contribution < -0.4 is 0 Å². The summed E-state index contributed by atoms with van der Waals surface area (Å²) in [5, 5.41) is 0. The van der Waals surface area contributed by atoms with Crippen molar-refractivity contribution in [1.82, 2.24) is 0 Å². The Bertz CT molecular complexity index is 239. The molecule has 0 heterocycles. The van der Waals surface area contributed by atoms with Gasteiger partial charge in [0.2, 0.25) is 0 Å². The Hall–Kier alpha value is 0.820. The van der Waals surface area contributed by atoms with Crippen molar-refractivity contribution in [2.45, 2.75) is 4.90 Å². The SMILES string of the molecule is ClSc1cc(Br)ccc1Br. The summed E-state index contributed by atoms with van der Waals surface area (Å²) in [6.07, 6.45) is 0. The molecule has 10 heavy (non-hydrogen) atoms. The standard InChI is InChI=1S/C6H3Br2ClS/c7-4-1-2-5(8)6(3-4)10-9/h1-3H. The molecule has 1 aromatic carbocycles. The molecule has 0 saturated heterocycles. The van der Waals surface area contributed by atoms with Crippen LogP contribution in [0.2, 0.25) is 0 Å². The molecule has 0 saturated carbocycles. The molecule has 0 radical (unpaired) electrons. The minimum atomic E-state index is 1.02. The quantitative estimate of drug-likeness (QED) is 0.738. The summed E-state index contributed by atoms with van der Waals surface area (Å²) in [5.41, 5.74) is 0. The summed E-state index contributed by atoms with van der Waals surface area (Å²) < 4.78 is 2.06. The van der Waals surface area contributed by atoms with Gasteiger partial charge in [-0.05, 0) is 55.8 Å². The molecule has 4 heteroatoms. The maximum absolute atomic E-state index is 5.57. The van der Waals surface area contributed by atoms with Gasteiger partial charge in [0, 0.05) is 13.8 Å². The molecule has 0 aliphatic rings. The predicted molar refractivity (Wildman–Crippen MR) is 53.6 cm³/mol. The third-order valence-corrected chi connectivity index (χ3v) is 3.43. The fourth-order valence-electron chi connectivity index (χ4n) is 0.536. The first-order chi connectivity index (χ1) is 4.74. The molecule has 0 nitrogen and oxygen atoms in total. The molecular weight excluding hydrogens is 299 g/mol. The van der Waals surface area contributed by atoms with Crippen molar-refractivity contribution in [1.29, 1.82) is 0 Å². The Morgan fingerprint density at radius 1 is 1.30 bits per heavy atom. The molecule has 1 aromatic rings. The van der Waals surface area contributed by atoms with Crippen LogP contribution in [0, 0.1) is 0 Å². The zero-order valence-corrected chi connectivity index (χ0v) is 9.52. The van der Waals surface area contributed by atoms with E-state index in [1.54, 1.807) is 0 Å². The van der Waals surface area contributed by atoms with Crippen LogP contribution in [0.3, 0.4) is 0 Å². The summed E-state index contributed by atoms with van der Waals surface area (Å²) in [4.78, 5) is 1.02. The monoisotopic (exact) mass is 300 g/mol. The normalized spacial score (nSPS) is 9.90. The number of benzene rings is 1. The summed E-state index contributed by atoms with van der Waals surface area (Å²) in [6, 6.07) is 5.87. The largest absolute Gasteiger partial charge is 0.0508 e. The van der Waals surface area contributed by atoms with Crippen LogP contribution in [-0.4, -0.2) is 0 Å². The summed E-state index contributed by atoms with van der Waals surface area (Å²) in [7, 11) is 6.77. The molecule has 54 valence electrons. The first kappa shape index (κ1) is 8.91. The molecule has 0 spiro atoms. The highest BCUT2D eigenvalue weighted by Crippen LogP contribution is 2.32. The zero-order chi connectivity index (χ0) is 7.56. The van der Waals surface area contributed by atoms with Gasteiger partial charge < -0.3 is 0 Å². The van der Waals surface area contributed by atoms with Crippen LogP contribution in [0.5, 0.6) is 0 Å². The lowest BCUT2D eigenvalue weighted by Gasteiger charge is -1.97. The molecule has 0 aliphatic carbocycles. The van der Waals surface area contributed by atoms with E-state index in [0.717, 1.165) is 13.8 Å². The lowest BCUT2D eigenvalue weighted by molar-refractivity contribution is 1.39. The Kier molecular flexibility index (Phi) is 3.56. The van der Waals surface area contributed by atoms with Gasteiger partial charge >= 0.3 is 0 Å². The van der Waals surface area contributed by atoms with E-state index in [4.69, 9.17) is 10.7 Å². The van der Waals surface area contributed by atoms with Crippen LogP contribution >= 0.6 is 53.5 Å². The predicted octanol–water partition coefficient (Wildman–Crippen LogP) is 4.46.